The molecule has 0 spiro atoms. The van der Waals surface area contributed by atoms with E-state index in [1.54, 1.807) is 19.2 Å². The third kappa shape index (κ3) is 5.29. The van der Waals surface area contributed by atoms with Gasteiger partial charge in [-0.1, -0.05) is 12.2 Å². The minimum absolute atomic E-state index is 0.0166. The van der Waals surface area contributed by atoms with Gasteiger partial charge in [-0.25, -0.2) is 14.4 Å². The van der Waals surface area contributed by atoms with Gasteiger partial charge < -0.3 is 15.4 Å². The average Bonchev–Trinajstić information content (AvgIpc) is 3.21. The standard InChI is InChI=1S/C25H27FN6O2S/c1-15-12-32(8-7-18-19(26)11-28-20-4-6-23(34-2)31-24(18)20)13-16(15)9-27-10-17-3-5-21-25(29-17)30-22(33)14-35-21/h3-6,11,16,27H,1,7-10,12-14H2,2H3,(H,29,30,33). The quantitative estimate of drug-likeness (QED) is 0.462. The molecule has 2 aliphatic rings. The van der Waals surface area contributed by atoms with Gasteiger partial charge in [0.1, 0.15) is 11.6 Å². The SMILES string of the molecule is C=C1CN(CCc2c(F)cnc3ccc(OC)nc23)CC1CNCc1ccc2c(n1)NC(=O)CS2. The van der Waals surface area contributed by atoms with Gasteiger partial charge in [-0.15, -0.1) is 11.8 Å². The zero-order valence-electron chi connectivity index (χ0n) is 19.5. The van der Waals surface area contributed by atoms with Crippen LogP contribution >= 0.6 is 11.8 Å². The number of nitrogens with one attached hydrogen (secondary N) is 2. The maximum Gasteiger partial charge on any atom is 0.235 e. The van der Waals surface area contributed by atoms with Crippen LogP contribution in [0, 0.1) is 11.7 Å². The second-order valence-electron chi connectivity index (χ2n) is 8.76. The molecular weight excluding hydrogens is 467 g/mol. The predicted molar refractivity (Wildman–Crippen MR) is 134 cm³/mol. The zero-order valence-corrected chi connectivity index (χ0v) is 20.3. The number of methoxy groups -OCH3 is 1. The third-order valence-electron chi connectivity index (χ3n) is 6.34. The Morgan fingerprint density at radius 2 is 2.20 bits per heavy atom. The number of likely N-dealkylation sites (tertiary alicyclic amines) is 1. The van der Waals surface area contributed by atoms with Crippen molar-refractivity contribution >= 4 is 34.5 Å². The summed E-state index contributed by atoms with van der Waals surface area (Å²) in [7, 11) is 1.54. The third-order valence-corrected chi connectivity index (χ3v) is 7.39. The Hall–Kier alpha value is -3.08. The fraction of sp³-hybridized carbons (Fsp3) is 0.360. The number of hydrogen-bond donors (Lipinski definition) is 2. The van der Waals surface area contributed by atoms with E-state index in [0.29, 0.717) is 59.5 Å². The number of pyridine rings is 3. The number of nitrogens with zero attached hydrogens (tertiary/aromatic N) is 4. The Kier molecular flexibility index (Phi) is 6.94. The first kappa shape index (κ1) is 23.7. The van der Waals surface area contributed by atoms with Crippen LogP contribution in [0.15, 0.2) is 47.5 Å². The number of thioether (sulfide) groups is 1. The summed E-state index contributed by atoms with van der Waals surface area (Å²) in [5.41, 5.74) is 3.82. The molecule has 3 aromatic heterocycles. The van der Waals surface area contributed by atoms with Gasteiger partial charge in [0, 0.05) is 50.3 Å². The first-order valence-electron chi connectivity index (χ1n) is 11.5. The van der Waals surface area contributed by atoms with E-state index >= 15 is 0 Å². The van der Waals surface area contributed by atoms with Crippen LogP contribution in [0.4, 0.5) is 10.2 Å². The number of halogens is 1. The number of ether oxygens (including phenoxy) is 1. The molecule has 0 saturated carbocycles. The maximum absolute atomic E-state index is 14.6. The normalized spacial score (nSPS) is 18.1. The predicted octanol–water partition coefficient (Wildman–Crippen LogP) is 3.04. The first-order chi connectivity index (χ1) is 17.0. The number of carbonyl (C=O) groups excluding carboxylic acids is 1. The topological polar surface area (TPSA) is 92.3 Å². The van der Waals surface area contributed by atoms with E-state index in [1.165, 1.54) is 23.5 Å². The van der Waals surface area contributed by atoms with Crippen LogP contribution in [0.2, 0.25) is 0 Å². The molecule has 8 nitrogen and oxygen atoms in total. The molecule has 0 aliphatic carbocycles. The van der Waals surface area contributed by atoms with Gasteiger partial charge in [0.25, 0.3) is 0 Å². The van der Waals surface area contributed by atoms with Crippen molar-refractivity contribution in [1.29, 1.82) is 0 Å². The molecule has 10 heteroatoms. The second-order valence-corrected chi connectivity index (χ2v) is 9.78. The first-order valence-corrected chi connectivity index (χ1v) is 12.5. The van der Waals surface area contributed by atoms with E-state index in [-0.39, 0.29) is 11.7 Å². The minimum Gasteiger partial charge on any atom is -0.481 e. The number of anilines is 1. The molecule has 1 saturated heterocycles. The van der Waals surface area contributed by atoms with Crippen LogP contribution in [-0.2, 0) is 17.8 Å². The molecule has 1 atom stereocenters. The lowest BCUT2D eigenvalue weighted by Gasteiger charge is -2.17. The number of amides is 1. The van der Waals surface area contributed by atoms with Crippen LogP contribution < -0.4 is 15.4 Å². The molecule has 1 amide bonds. The lowest BCUT2D eigenvalue weighted by Crippen LogP contribution is -2.28. The van der Waals surface area contributed by atoms with Gasteiger partial charge in [0.15, 0.2) is 0 Å². The van der Waals surface area contributed by atoms with Gasteiger partial charge in [-0.2, -0.15) is 0 Å². The van der Waals surface area contributed by atoms with Crippen LogP contribution in [0.5, 0.6) is 5.88 Å². The molecular formula is C25H27FN6O2S. The Labute approximate surface area is 207 Å². The monoisotopic (exact) mass is 494 g/mol. The van der Waals surface area contributed by atoms with E-state index in [2.05, 4.69) is 37.1 Å². The summed E-state index contributed by atoms with van der Waals surface area (Å²) in [5, 5.41) is 6.30. The van der Waals surface area contributed by atoms with Crippen molar-refractivity contribution in [2.24, 2.45) is 5.92 Å². The van der Waals surface area contributed by atoms with Crippen LogP contribution in [0.25, 0.3) is 11.0 Å². The van der Waals surface area contributed by atoms with Gasteiger partial charge in [-0.05, 0) is 24.6 Å². The van der Waals surface area contributed by atoms with Crippen molar-refractivity contribution in [1.82, 2.24) is 25.2 Å². The largest absolute Gasteiger partial charge is 0.481 e. The maximum atomic E-state index is 14.6. The number of hydrogen-bond acceptors (Lipinski definition) is 8. The fourth-order valence-electron chi connectivity index (χ4n) is 4.48. The molecule has 5 rings (SSSR count). The molecule has 0 bridgehead atoms. The van der Waals surface area contributed by atoms with E-state index in [4.69, 9.17) is 4.74 Å². The number of carbonyl (C=O) groups is 1. The molecule has 182 valence electrons. The summed E-state index contributed by atoms with van der Waals surface area (Å²) < 4.78 is 19.8. The molecule has 5 heterocycles. The van der Waals surface area contributed by atoms with Gasteiger partial charge in [0.05, 0.1) is 40.7 Å². The molecule has 0 radical (unpaired) electrons. The summed E-state index contributed by atoms with van der Waals surface area (Å²) in [6, 6.07) is 7.52. The second kappa shape index (κ2) is 10.3. The van der Waals surface area contributed by atoms with Crippen LogP contribution in [0.3, 0.4) is 0 Å². The Morgan fingerprint density at radius 1 is 1.31 bits per heavy atom. The Balaban J connectivity index is 1.16. The summed E-state index contributed by atoms with van der Waals surface area (Å²) in [4.78, 5) is 28.1. The molecule has 1 fully saturated rings. The van der Waals surface area contributed by atoms with Gasteiger partial charge in [-0.3, -0.25) is 14.7 Å². The number of fused-ring (bicyclic) bond motifs is 2. The van der Waals surface area contributed by atoms with Gasteiger partial charge >= 0.3 is 0 Å². The molecule has 1 unspecified atom stereocenters. The van der Waals surface area contributed by atoms with Crippen molar-refractivity contribution in [2.45, 2.75) is 17.9 Å². The van der Waals surface area contributed by atoms with Crippen LogP contribution in [-0.4, -0.2) is 64.8 Å². The number of rotatable bonds is 8. The number of aromatic nitrogens is 3. The smallest absolute Gasteiger partial charge is 0.235 e. The Morgan fingerprint density at radius 3 is 3.06 bits per heavy atom. The fourth-order valence-corrected chi connectivity index (χ4v) is 5.23. The molecule has 2 N–H and O–H groups in total. The summed E-state index contributed by atoms with van der Waals surface area (Å²) >= 11 is 1.51. The van der Waals surface area contributed by atoms with E-state index < -0.39 is 0 Å². The summed E-state index contributed by atoms with van der Waals surface area (Å²) in [6.07, 6.45) is 1.79. The highest BCUT2D eigenvalue weighted by Gasteiger charge is 2.26. The van der Waals surface area contributed by atoms with Crippen molar-refractivity contribution in [3.05, 3.63) is 59.7 Å². The average molecular weight is 495 g/mol. The Bertz CT molecular complexity index is 1290. The lowest BCUT2D eigenvalue weighted by molar-refractivity contribution is -0.113. The van der Waals surface area contributed by atoms with Crippen molar-refractivity contribution in [2.75, 3.05) is 44.4 Å². The summed E-state index contributed by atoms with van der Waals surface area (Å²) in [5.74, 6) is 1.46. The highest BCUT2D eigenvalue weighted by molar-refractivity contribution is 8.00. The zero-order chi connectivity index (χ0) is 24.4. The highest BCUT2D eigenvalue weighted by atomic mass is 32.2. The minimum atomic E-state index is -0.346. The molecule has 0 aromatic carbocycles. The lowest BCUT2D eigenvalue weighted by atomic mass is 10.1. The molecule has 2 aliphatic heterocycles. The van der Waals surface area contributed by atoms with E-state index in [9.17, 15) is 9.18 Å². The van der Waals surface area contributed by atoms with Crippen molar-refractivity contribution < 1.29 is 13.9 Å². The van der Waals surface area contributed by atoms with Crippen molar-refractivity contribution in [3.8, 4) is 5.88 Å². The van der Waals surface area contributed by atoms with Gasteiger partial charge in [0.2, 0.25) is 11.8 Å². The van der Waals surface area contributed by atoms with E-state index in [0.717, 1.165) is 30.2 Å². The molecule has 35 heavy (non-hydrogen) atoms. The highest BCUT2D eigenvalue weighted by Crippen LogP contribution is 2.30. The molecule has 3 aromatic rings. The van der Waals surface area contributed by atoms with Crippen molar-refractivity contribution in [3.63, 3.8) is 0 Å². The van der Waals surface area contributed by atoms with Crippen LogP contribution in [0.1, 0.15) is 11.3 Å². The summed E-state index contributed by atoms with van der Waals surface area (Å²) in [6.45, 7) is 8.00. The van der Waals surface area contributed by atoms with E-state index in [1.807, 2.05) is 12.1 Å².